The van der Waals surface area contributed by atoms with Crippen molar-refractivity contribution in [1.82, 2.24) is 9.97 Å². The van der Waals surface area contributed by atoms with E-state index in [0.29, 0.717) is 9.50 Å². The Hall–Kier alpha value is -0.590. The molecule has 1 aromatic carbocycles. The van der Waals surface area contributed by atoms with Crippen molar-refractivity contribution in [3.63, 3.8) is 0 Å². The molecule has 0 amide bonds. The maximum atomic E-state index is 12.5. The van der Waals surface area contributed by atoms with Gasteiger partial charge in [0, 0.05) is 9.86 Å². The molecule has 0 saturated heterocycles. The molecule has 2 rings (SSSR count). The topological polar surface area (TPSA) is 25.8 Å². The molecule has 0 saturated carbocycles. The average Bonchev–Trinajstić information content (AvgIpc) is 2.19. The molecular formula is C9H2BrCl2F3N2. The first-order chi connectivity index (χ1) is 7.79. The quantitative estimate of drug-likeness (QED) is 0.646. The Morgan fingerprint density at radius 3 is 2.35 bits per heavy atom. The fraction of sp³-hybridized carbons (Fsp3) is 0.111. The highest BCUT2D eigenvalue weighted by molar-refractivity contribution is 9.10. The Bertz CT molecular complexity index is 601. The van der Waals surface area contributed by atoms with E-state index in [1.54, 1.807) is 0 Å². The fourth-order valence-corrected chi connectivity index (χ4v) is 1.94. The summed E-state index contributed by atoms with van der Waals surface area (Å²) in [7, 11) is 0. The molecule has 1 heterocycles. The van der Waals surface area contributed by atoms with Crippen LogP contribution in [0.15, 0.2) is 16.6 Å². The summed E-state index contributed by atoms with van der Waals surface area (Å²) in [4.78, 5) is 6.60. The molecule has 0 N–H and O–H groups in total. The van der Waals surface area contributed by atoms with Crippen LogP contribution in [-0.2, 0) is 6.18 Å². The van der Waals surface area contributed by atoms with Crippen LogP contribution in [0.25, 0.3) is 10.9 Å². The van der Waals surface area contributed by atoms with Gasteiger partial charge >= 0.3 is 6.18 Å². The highest BCUT2D eigenvalue weighted by atomic mass is 79.9. The van der Waals surface area contributed by atoms with Gasteiger partial charge in [-0.2, -0.15) is 13.2 Å². The highest BCUT2D eigenvalue weighted by Crippen LogP contribution is 2.33. The Morgan fingerprint density at radius 1 is 1.12 bits per heavy atom. The number of aromatic nitrogens is 2. The summed E-state index contributed by atoms with van der Waals surface area (Å²) in [5.41, 5.74) is 0.0774. The molecule has 0 radical (unpaired) electrons. The predicted octanol–water partition coefficient (Wildman–Crippen LogP) is 4.72. The first-order valence-corrected chi connectivity index (χ1v) is 5.73. The number of fused-ring (bicyclic) bond motifs is 1. The Balaban J connectivity index is 2.78. The number of benzene rings is 1. The molecule has 0 bridgehead atoms. The zero-order valence-electron chi connectivity index (χ0n) is 7.82. The summed E-state index contributed by atoms with van der Waals surface area (Å²) in [6.45, 7) is 0. The SMILES string of the molecule is FC(F)(F)c1nc(Cl)c2cc(Cl)c(Br)cc2n1. The molecule has 2 aromatic rings. The standard InChI is InChI=1S/C9H2BrCl2F3N2/c10-4-2-6-3(1-5(4)11)7(12)17-8(16-6)9(13,14)15/h1-2H. The van der Waals surface area contributed by atoms with Gasteiger partial charge in [0.15, 0.2) is 0 Å². The van der Waals surface area contributed by atoms with Crippen molar-refractivity contribution < 1.29 is 13.2 Å². The van der Waals surface area contributed by atoms with Crippen molar-refractivity contribution in [2.24, 2.45) is 0 Å². The van der Waals surface area contributed by atoms with Crippen LogP contribution in [0.4, 0.5) is 13.2 Å². The lowest BCUT2D eigenvalue weighted by atomic mass is 10.2. The number of nitrogens with zero attached hydrogens (tertiary/aromatic N) is 2. The van der Waals surface area contributed by atoms with Crippen molar-refractivity contribution in [1.29, 1.82) is 0 Å². The number of rotatable bonds is 0. The zero-order valence-corrected chi connectivity index (χ0v) is 10.9. The minimum atomic E-state index is -4.63. The van der Waals surface area contributed by atoms with Crippen LogP contribution in [0.3, 0.4) is 0 Å². The second-order valence-electron chi connectivity index (χ2n) is 3.12. The smallest absolute Gasteiger partial charge is 0.224 e. The molecular weight excluding hydrogens is 344 g/mol. The lowest BCUT2D eigenvalue weighted by molar-refractivity contribution is -0.144. The highest BCUT2D eigenvalue weighted by Gasteiger charge is 2.35. The van der Waals surface area contributed by atoms with Crippen LogP contribution < -0.4 is 0 Å². The third-order valence-corrected chi connectivity index (χ3v) is 3.43. The van der Waals surface area contributed by atoms with E-state index in [9.17, 15) is 13.2 Å². The molecule has 1 aromatic heterocycles. The normalized spacial score (nSPS) is 12.1. The number of hydrogen-bond acceptors (Lipinski definition) is 2. The van der Waals surface area contributed by atoms with Crippen molar-refractivity contribution in [2.75, 3.05) is 0 Å². The first kappa shape index (κ1) is 12.9. The van der Waals surface area contributed by atoms with Gasteiger partial charge < -0.3 is 0 Å². The summed E-state index contributed by atoms with van der Waals surface area (Å²) < 4.78 is 37.8. The molecule has 0 fully saturated rings. The molecule has 90 valence electrons. The van der Waals surface area contributed by atoms with E-state index in [0.717, 1.165) is 0 Å². The molecule has 0 unspecified atom stereocenters. The van der Waals surface area contributed by atoms with Crippen molar-refractivity contribution in [2.45, 2.75) is 6.18 Å². The second kappa shape index (κ2) is 4.26. The van der Waals surface area contributed by atoms with Crippen molar-refractivity contribution in [3.05, 3.63) is 32.6 Å². The van der Waals surface area contributed by atoms with E-state index >= 15 is 0 Å². The molecule has 0 spiro atoms. The van der Waals surface area contributed by atoms with Crippen LogP contribution >= 0.6 is 39.1 Å². The summed E-state index contributed by atoms with van der Waals surface area (Å²) in [5.74, 6) is -1.27. The molecule has 0 aliphatic carbocycles. The van der Waals surface area contributed by atoms with Gasteiger partial charge in [-0.15, -0.1) is 0 Å². The largest absolute Gasteiger partial charge is 0.451 e. The van der Waals surface area contributed by atoms with Gasteiger partial charge in [-0.05, 0) is 28.1 Å². The minimum absolute atomic E-state index is 0.0774. The van der Waals surface area contributed by atoms with Crippen molar-refractivity contribution in [3.8, 4) is 0 Å². The van der Waals surface area contributed by atoms with Crippen LogP contribution in [0.5, 0.6) is 0 Å². The number of hydrogen-bond donors (Lipinski definition) is 0. The van der Waals surface area contributed by atoms with Gasteiger partial charge in [0.05, 0.1) is 10.5 Å². The Labute approximate surface area is 112 Å². The van der Waals surface area contributed by atoms with Crippen molar-refractivity contribution >= 4 is 50.0 Å². The van der Waals surface area contributed by atoms with Gasteiger partial charge in [0.2, 0.25) is 5.82 Å². The summed E-state index contributed by atoms with van der Waals surface area (Å²) in [5, 5.41) is 0.312. The first-order valence-electron chi connectivity index (χ1n) is 4.18. The predicted molar refractivity (Wildman–Crippen MR) is 62.3 cm³/mol. The third-order valence-electron chi connectivity index (χ3n) is 1.94. The van der Waals surface area contributed by atoms with Gasteiger partial charge in [0.25, 0.3) is 0 Å². The fourth-order valence-electron chi connectivity index (χ4n) is 1.21. The van der Waals surface area contributed by atoms with E-state index in [1.165, 1.54) is 12.1 Å². The second-order valence-corrected chi connectivity index (χ2v) is 4.74. The van der Waals surface area contributed by atoms with E-state index < -0.39 is 12.0 Å². The van der Waals surface area contributed by atoms with Crippen LogP contribution in [0.2, 0.25) is 10.2 Å². The van der Waals surface area contributed by atoms with E-state index in [2.05, 4.69) is 25.9 Å². The van der Waals surface area contributed by atoms with Crippen LogP contribution in [0.1, 0.15) is 5.82 Å². The number of halogens is 6. The summed E-state index contributed by atoms with van der Waals surface area (Å²) in [6.07, 6.45) is -4.63. The van der Waals surface area contributed by atoms with Gasteiger partial charge in [0.1, 0.15) is 5.15 Å². The molecule has 0 aliphatic heterocycles. The van der Waals surface area contributed by atoms with Crippen LogP contribution in [0, 0.1) is 0 Å². The maximum Gasteiger partial charge on any atom is 0.451 e. The lowest BCUT2D eigenvalue weighted by Gasteiger charge is -2.08. The zero-order chi connectivity index (χ0) is 12.8. The average molecular weight is 346 g/mol. The molecule has 0 aliphatic rings. The monoisotopic (exact) mass is 344 g/mol. The third kappa shape index (κ3) is 2.48. The van der Waals surface area contributed by atoms with E-state index in [4.69, 9.17) is 23.2 Å². The molecule has 8 heteroatoms. The molecule has 0 atom stereocenters. The van der Waals surface area contributed by atoms with Crippen LogP contribution in [-0.4, -0.2) is 9.97 Å². The van der Waals surface area contributed by atoms with E-state index in [1.807, 2.05) is 0 Å². The molecule has 17 heavy (non-hydrogen) atoms. The van der Waals surface area contributed by atoms with Gasteiger partial charge in [-0.1, -0.05) is 23.2 Å². The number of alkyl halides is 3. The summed E-state index contributed by atoms with van der Waals surface area (Å²) >= 11 is 14.6. The minimum Gasteiger partial charge on any atom is -0.224 e. The summed E-state index contributed by atoms with van der Waals surface area (Å²) in [6, 6.07) is 2.77. The molecule has 2 nitrogen and oxygen atoms in total. The Morgan fingerprint density at radius 2 is 1.76 bits per heavy atom. The van der Waals surface area contributed by atoms with Gasteiger partial charge in [-0.3, -0.25) is 0 Å². The maximum absolute atomic E-state index is 12.5. The van der Waals surface area contributed by atoms with Gasteiger partial charge in [-0.25, -0.2) is 9.97 Å². The lowest BCUT2D eigenvalue weighted by Crippen LogP contribution is -2.11. The Kier molecular flexibility index (Phi) is 3.22. The van der Waals surface area contributed by atoms with E-state index in [-0.39, 0.29) is 16.1 Å².